The van der Waals surface area contributed by atoms with Crippen LogP contribution in [0.1, 0.15) is 0 Å². The van der Waals surface area contributed by atoms with E-state index in [1.54, 1.807) is 13.2 Å². The van der Waals surface area contributed by atoms with Crippen LogP contribution in [-0.2, 0) is 4.79 Å². The molecule has 0 saturated carbocycles. The average molecular weight is 395 g/mol. The second kappa shape index (κ2) is 8.58. The first-order chi connectivity index (χ1) is 12.6. The second-order valence-corrected chi connectivity index (χ2v) is 6.81. The zero-order valence-electron chi connectivity index (χ0n) is 14.4. The normalized spacial score (nSPS) is 15.0. The summed E-state index contributed by atoms with van der Waals surface area (Å²) in [5.74, 6) is 1.04. The Hall–Kier alpha value is -2.02. The number of ether oxygens (including phenoxy) is 1. The van der Waals surface area contributed by atoms with Gasteiger partial charge in [-0.2, -0.15) is 0 Å². The van der Waals surface area contributed by atoms with Crippen LogP contribution in [0.4, 0.5) is 11.5 Å². The molecule has 1 N–H and O–H groups in total. The van der Waals surface area contributed by atoms with Crippen molar-refractivity contribution in [3.05, 3.63) is 46.6 Å². The van der Waals surface area contributed by atoms with Gasteiger partial charge in [0, 0.05) is 32.4 Å². The minimum Gasteiger partial charge on any atom is -0.495 e. The summed E-state index contributed by atoms with van der Waals surface area (Å²) in [5.41, 5.74) is 1.08. The topological polar surface area (TPSA) is 57.7 Å². The lowest BCUT2D eigenvalue weighted by molar-refractivity contribution is -0.117. The van der Waals surface area contributed by atoms with Gasteiger partial charge in [-0.1, -0.05) is 35.3 Å². The van der Waals surface area contributed by atoms with Gasteiger partial charge < -0.3 is 15.0 Å². The third kappa shape index (κ3) is 4.58. The van der Waals surface area contributed by atoms with Gasteiger partial charge in [0.15, 0.2) is 5.82 Å². The number of amides is 1. The summed E-state index contributed by atoms with van der Waals surface area (Å²) in [4.78, 5) is 20.7. The minimum absolute atomic E-state index is 0.146. The molecule has 1 fully saturated rings. The van der Waals surface area contributed by atoms with Crippen LogP contribution < -0.4 is 15.0 Å². The van der Waals surface area contributed by atoms with Crippen molar-refractivity contribution < 1.29 is 9.53 Å². The van der Waals surface area contributed by atoms with E-state index in [0.717, 1.165) is 37.6 Å². The highest BCUT2D eigenvalue weighted by molar-refractivity contribution is 6.36. The first-order valence-electron chi connectivity index (χ1n) is 8.28. The maximum absolute atomic E-state index is 12.3. The first-order valence-corrected chi connectivity index (χ1v) is 9.03. The summed E-state index contributed by atoms with van der Waals surface area (Å²) < 4.78 is 5.43. The molecule has 138 valence electrons. The molecule has 1 aliphatic heterocycles. The molecule has 6 nitrogen and oxygen atoms in total. The minimum atomic E-state index is -0.146. The molecule has 2 aromatic rings. The maximum Gasteiger partial charge on any atom is 0.239 e. The SMILES string of the molecule is COc1ccccc1N1CCN(CC(=O)Nc2ncc(Cl)cc2Cl)CC1. The predicted octanol–water partition coefficient (Wildman–Crippen LogP) is 3.16. The van der Waals surface area contributed by atoms with Crippen LogP contribution in [0.15, 0.2) is 36.5 Å². The Morgan fingerprint density at radius 2 is 1.96 bits per heavy atom. The molecule has 1 aromatic heterocycles. The monoisotopic (exact) mass is 394 g/mol. The number of anilines is 2. The van der Waals surface area contributed by atoms with E-state index in [1.807, 2.05) is 18.2 Å². The molecular weight excluding hydrogens is 375 g/mol. The molecule has 1 amide bonds. The number of nitrogens with one attached hydrogen (secondary N) is 1. The van der Waals surface area contributed by atoms with Crippen LogP contribution in [0, 0.1) is 0 Å². The van der Waals surface area contributed by atoms with E-state index in [1.165, 1.54) is 6.20 Å². The van der Waals surface area contributed by atoms with Gasteiger partial charge in [0.1, 0.15) is 5.75 Å². The number of nitrogens with zero attached hydrogens (tertiary/aromatic N) is 3. The predicted molar refractivity (Wildman–Crippen MR) is 105 cm³/mol. The summed E-state index contributed by atoms with van der Waals surface area (Å²) in [6.07, 6.45) is 1.45. The third-order valence-electron chi connectivity index (χ3n) is 4.23. The molecule has 1 aliphatic rings. The molecule has 1 saturated heterocycles. The number of rotatable bonds is 5. The van der Waals surface area contributed by atoms with Gasteiger partial charge in [-0.25, -0.2) is 4.98 Å². The van der Waals surface area contributed by atoms with E-state index in [2.05, 4.69) is 26.2 Å². The van der Waals surface area contributed by atoms with Crippen molar-refractivity contribution in [2.24, 2.45) is 0 Å². The zero-order valence-corrected chi connectivity index (χ0v) is 15.9. The summed E-state index contributed by atoms with van der Waals surface area (Å²) >= 11 is 11.9. The molecule has 1 aromatic carbocycles. The lowest BCUT2D eigenvalue weighted by atomic mass is 10.2. The molecule has 0 radical (unpaired) electrons. The lowest BCUT2D eigenvalue weighted by Crippen LogP contribution is -2.48. The number of halogens is 2. The zero-order chi connectivity index (χ0) is 18.5. The number of para-hydroxylation sites is 2. The number of carbonyl (C=O) groups is 1. The highest BCUT2D eigenvalue weighted by Gasteiger charge is 2.21. The van der Waals surface area contributed by atoms with Crippen LogP contribution in [0.5, 0.6) is 5.75 Å². The number of piperazine rings is 1. The molecule has 3 rings (SSSR count). The van der Waals surface area contributed by atoms with Gasteiger partial charge in [-0.05, 0) is 18.2 Å². The number of hydrogen-bond acceptors (Lipinski definition) is 5. The van der Waals surface area contributed by atoms with E-state index in [9.17, 15) is 4.79 Å². The van der Waals surface area contributed by atoms with Gasteiger partial charge in [-0.15, -0.1) is 0 Å². The van der Waals surface area contributed by atoms with Gasteiger partial charge >= 0.3 is 0 Å². The summed E-state index contributed by atoms with van der Waals surface area (Å²) in [6.45, 7) is 3.52. The number of methoxy groups -OCH3 is 1. The number of hydrogen-bond donors (Lipinski definition) is 1. The highest BCUT2D eigenvalue weighted by Crippen LogP contribution is 2.28. The van der Waals surface area contributed by atoms with Gasteiger partial charge in [0.05, 0.1) is 29.4 Å². The highest BCUT2D eigenvalue weighted by atomic mass is 35.5. The summed E-state index contributed by atoms with van der Waals surface area (Å²) in [5, 5.41) is 3.49. The molecule has 26 heavy (non-hydrogen) atoms. The van der Waals surface area contributed by atoms with Crippen LogP contribution in [0.25, 0.3) is 0 Å². The van der Waals surface area contributed by atoms with Crippen molar-refractivity contribution in [2.45, 2.75) is 0 Å². The van der Waals surface area contributed by atoms with E-state index in [0.29, 0.717) is 22.4 Å². The molecule has 0 atom stereocenters. The number of pyridine rings is 1. The fourth-order valence-corrected chi connectivity index (χ4v) is 3.35. The van der Waals surface area contributed by atoms with E-state index in [4.69, 9.17) is 27.9 Å². The fourth-order valence-electron chi connectivity index (χ4n) is 2.92. The molecule has 2 heterocycles. The average Bonchev–Trinajstić information content (AvgIpc) is 2.64. The Kier molecular flexibility index (Phi) is 6.19. The summed E-state index contributed by atoms with van der Waals surface area (Å²) in [6, 6.07) is 9.52. The van der Waals surface area contributed by atoms with Crippen LogP contribution >= 0.6 is 23.2 Å². The molecule has 0 aliphatic carbocycles. The Morgan fingerprint density at radius 3 is 2.65 bits per heavy atom. The lowest BCUT2D eigenvalue weighted by Gasteiger charge is -2.36. The van der Waals surface area contributed by atoms with Crippen molar-refractivity contribution >= 4 is 40.6 Å². The second-order valence-electron chi connectivity index (χ2n) is 5.97. The van der Waals surface area contributed by atoms with Gasteiger partial charge in [0.2, 0.25) is 5.91 Å². The standard InChI is InChI=1S/C18H20Cl2N4O2/c1-26-16-5-3-2-4-15(16)24-8-6-23(7-9-24)12-17(25)22-18-14(20)10-13(19)11-21-18/h2-5,10-11H,6-9,12H2,1H3,(H,21,22,25). The number of carbonyl (C=O) groups excluding carboxylic acids is 1. The van der Waals surface area contributed by atoms with Gasteiger partial charge in [-0.3, -0.25) is 9.69 Å². The molecule has 0 bridgehead atoms. The van der Waals surface area contributed by atoms with Crippen molar-refractivity contribution in [3.63, 3.8) is 0 Å². The van der Waals surface area contributed by atoms with Crippen molar-refractivity contribution in [2.75, 3.05) is 50.1 Å². The smallest absolute Gasteiger partial charge is 0.239 e. The number of aromatic nitrogens is 1. The Labute approximate surface area is 162 Å². The van der Waals surface area contributed by atoms with Gasteiger partial charge in [0.25, 0.3) is 0 Å². The fraction of sp³-hybridized carbons (Fsp3) is 0.333. The summed E-state index contributed by atoms with van der Waals surface area (Å²) in [7, 11) is 1.68. The maximum atomic E-state index is 12.3. The van der Waals surface area contributed by atoms with E-state index < -0.39 is 0 Å². The largest absolute Gasteiger partial charge is 0.495 e. The van der Waals surface area contributed by atoms with Crippen molar-refractivity contribution in [1.82, 2.24) is 9.88 Å². The van der Waals surface area contributed by atoms with E-state index in [-0.39, 0.29) is 5.91 Å². The number of benzene rings is 1. The van der Waals surface area contributed by atoms with Crippen LogP contribution in [0.2, 0.25) is 10.0 Å². The quantitative estimate of drug-likeness (QED) is 0.843. The third-order valence-corrected chi connectivity index (χ3v) is 4.73. The molecule has 0 unspecified atom stereocenters. The molecule has 8 heteroatoms. The van der Waals surface area contributed by atoms with Crippen LogP contribution in [-0.4, -0.2) is 55.6 Å². The van der Waals surface area contributed by atoms with E-state index >= 15 is 0 Å². The molecule has 0 spiro atoms. The Morgan fingerprint density at radius 1 is 1.23 bits per heavy atom. The Balaban J connectivity index is 1.53. The van der Waals surface area contributed by atoms with Crippen molar-refractivity contribution in [3.8, 4) is 5.75 Å². The Bertz CT molecular complexity index is 780. The molecular formula is C18H20Cl2N4O2. The first kappa shape index (κ1) is 18.8. The van der Waals surface area contributed by atoms with Crippen molar-refractivity contribution in [1.29, 1.82) is 0 Å². The van der Waals surface area contributed by atoms with Crippen LogP contribution in [0.3, 0.4) is 0 Å².